The molecule has 0 aliphatic carbocycles. The fraction of sp³-hybridized carbons (Fsp3) is 0.500. The minimum absolute atomic E-state index is 0.108. The van der Waals surface area contributed by atoms with Crippen molar-refractivity contribution in [3.8, 4) is 0 Å². The maximum absolute atomic E-state index is 12.6. The van der Waals surface area contributed by atoms with Gasteiger partial charge in [0.1, 0.15) is 5.78 Å². The molecule has 0 radical (unpaired) electrons. The number of rotatable bonds is 4. The molecule has 3 nitrogen and oxygen atoms in total. The Labute approximate surface area is 114 Å². The van der Waals surface area contributed by atoms with E-state index >= 15 is 0 Å². The monoisotopic (exact) mass is 259 g/mol. The molecule has 19 heavy (non-hydrogen) atoms. The van der Waals surface area contributed by atoms with E-state index in [1.165, 1.54) is 0 Å². The predicted octanol–water partition coefficient (Wildman–Crippen LogP) is 2.76. The second kappa shape index (κ2) is 6.00. The summed E-state index contributed by atoms with van der Waals surface area (Å²) in [7, 11) is 0. The third kappa shape index (κ3) is 3.22. The first-order valence-corrected chi connectivity index (χ1v) is 6.94. The number of hydrogen-bond donors (Lipinski definition) is 0. The summed E-state index contributed by atoms with van der Waals surface area (Å²) in [5.74, 6) is 0.181. The summed E-state index contributed by atoms with van der Waals surface area (Å²) in [6.07, 6.45) is 2.45. The Morgan fingerprint density at radius 2 is 2.00 bits per heavy atom. The van der Waals surface area contributed by atoms with E-state index < -0.39 is 0 Å². The molecule has 2 unspecified atom stereocenters. The van der Waals surface area contributed by atoms with Crippen LogP contribution in [0, 0.1) is 0 Å². The summed E-state index contributed by atoms with van der Waals surface area (Å²) in [5, 5.41) is 0. The van der Waals surface area contributed by atoms with Gasteiger partial charge in [0.25, 0.3) is 0 Å². The summed E-state index contributed by atoms with van der Waals surface area (Å²) in [6.45, 7) is 4.33. The molecule has 102 valence electrons. The molecule has 3 heteroatoms. The number of hydrogen-bond acceptors (Lipinski definition) is 2. The van der Waals surface area contributed by atoms with Gasteiger partial charge in [-0.05, 0) is 32.3 Å². The zero-order chi connectivity index (χ0) is 13.8. The van der Waals surface area contributed by atoms with Gasteiger partial charge in [0, 0.05) is 19.0 Å². The van der Waals surface area contributed by atoms with Gasteiger partial charge in [0.05, 0.1) is 5.92 Å². The molecular weight excluding hydrogens is 238 g/mol. The van der Waals surface area contributed by atoms with Crippen molar-refractivity contribution in [2.24, 2.45) is 0 Å². The van der Waals surface area contributed by atoms with E-state index in [1.54, 1.807) is 6.92 Å². The van der Waals surface area contributed by atoms with Crippen LogP contribution in [0.5, 0.6) is 0 Å². The summed E-state index contributed by atoms with van der Waals surface area (Å²) in [4.78, 5) is 25.7. The number of benzene rings is 1. The van der Waals surface area contributed by atoms with Crippen LogP contribution in [0.1, 0.15) is 44.6 Å². The second-order valence-corrected chi connectivity index (χ2v) is 5.37. The van der Waals surface area contributed by atoms with Crippen LogP contribution in [0.15, 0.2) is 30.3 Å². The van der Waals surface area contributed by atoms with E-state index in [0.29, 0.717) is 6.42 Å². The number of carbonyl (C=O) groups excluding carboxylic acids is 2. The van der Waals surface area contributed by atoms with Crippen LogP contribution >= 0.6 is 0 Å². The second-order valence-electron chi connectivity index (χ2n) is 5.37. The van der Waals surface area contributed by atoms with Crippen molar-refractivity contribution in [2.45, 2.75) is 45.1 Å². The van der Waals surface area contributed by atoms with Crippen molar-refractivity contribution in [1.29, 1.82) is 0 Å². The van der Waals surface area contributed by atoms with Crippen LogP contribution in [-0.2, 0) is 9.59 Å². The summed E-state index contributed by atoms with van der Waals surface area (Å²) in [5.41, 5.74) is 1.04. The molecule has 1 amide bonds. The van der Waals surface area contributed by atoms with Gasteiger partial charge in [-0.15, -0.1) is 0 Å². The molecule has 0 saturated carbocycles. The van der Waals surface area contributed by atoms with Gasteiger partial charge in [-0.1, -0.05) is 30.3 Å². The summed E-state index contributed by atoms with van der Waals surface area (Å²) in [6, 6.07) is 9.94. The maximum atomic E-state index is 12.6. The molecule has 1 aliphatic rings. The molecule has 2 rings (SSSR count). The minimum Gasteiger partial charge on any atom is -0.339 e. The molecule has 0 aromatic heterocycles. The van der Waals surface area contributed by atoms with Crippen molar-refractivity contribution in [1.82, 2.24) is 4.90 Å². The van der Waals surface area contributed by atoms with E-state index in [4.69, 9.17) is 0 Å². The zero-order valence-corrected chi connectivity index (χ0v) is 11.6. The van der Waals surface area contributed by atoms with Crippen LogP contribution in [-0.4, -0.2) is 29.2 Å². The first kappa shape index (κ1) is 13.8. The van der Waals surface area contributed by atoms with Crippen molar-refractivity contribution in [3.63, 3.8) is 0 Å². The molecule has 2 atom stereocenters. The quantitative estimate of drug-likeness (QED) is 0.833. The molecule has 1 aromatic rings. The lowest BCUT2D eigenvalue weighted by molar-refractivity contribution is -0.133. The van der Waals surface area contributed by atoms with E-state index in [0.717, 1.165) is 24.9 Å². The van der Waals surface area contributed by atoms with Crippen LogP contribution in [0.2, 0.25) is 0 Å². The molecule has 1 fully saturated rings. The van der Waals surface area contributed by atoms with E-state index in [9.17, 15) is 9.59 Å². The van der Waals surface area contributed by atoms with Crippen LogP contribution in [0.25, 0.3) is 0 Å². The standard InChI is InChI=1S/C16H21NO2/c1-12(18)11-15-9-6-10-17(15)16(19)13(2)14-7-4-3-5-8-14/h3-5,7-8,13,15H,6,9-11H2,1-2H3. The molecule has 1 saturated heterocycles. The minimum atomic E-state index is -0.131. The van der Waals surface area contributed by atoms with Gasteiger partial charge in [-0.2, -0.15) is 0 Å². The zero-order valence-electron chi connectivity index (χ0n) is 11.6. The van der Waals surface area contributed by atoms with E-state index in [1.807, 2.05) is 42.2 Å². The number of ketones is 1. The average Bonchev–Trinajstić information content (AvgIpc) is 2.85. The first-order valence-electron chi connectivity index (χ1n) is 6.94. The van der Waals surface area contributed by atoms with Gasteiger partial charge >= 0.3 is 0 Å². The van der Waals surface area contributed by atoms with Crippen molar-refractivity contribution in [2.75, 3.05) is 6.54 Å². The van der Waals surface area contributed by atoms with Crippen molar-refractivity contribution >= 4 is 11.7 Å². The van der Waals surface area contributed by atoms with Crippen LogP contribution in [0.3, 0.4) is 0 Å². The Kier molecular flexibility index (Phi) is 4.35. The van der Waals surface area contributed by atoms with Crippen molar-refractivity contribution < 1.29 is 9.59 Å². The first-order chi connectivity index (χ1) is 9.09. The molecule has 0 N–H and O–H groups in total. The highest BCUT2D eigenvalue weighted by Crippen LogP contribution is 2.26. The third-order valence-electron chi connectivity index (χ3n) is 3.85. The number of likely N-dealkylation sites (tertiary alicyclic amines) is 1. The average molecular weight is 259 g/mol. The Balaban J connectivity index is 2.08. The Morgan fingerprint density at radius 1 is 1.32 bits per heavy atom. The molecule has 0 spiro atoms. The number of Topliss-reactive ketones (excluding diaryl/α,β-unsaturated/α-hetero) is 1. The third-order valence-corrected chi connectivity index (χ3v) is 3.85. The fourth-order valence-electron chi connectivity index (χ4n) is 2.80. The molecule has 1 aromatic carbocycles. The topological polar surface area (TPSA) is 37.4 Å². The highest BCUT2D eigenvalue weighted by molar-refractivity contribution is 5.85. The van der Waals surface area contributed by atoms with Crippen LogP contribution in [0.4, 0.5) is 0 Å². The number of amides is 1. The SMILES string of the molecule is CC(=O)CC1CCCN1C(=O)C(C)c1ccccc1. The normalized spacial score (nSPS) is 20.3. The highest BCUT2D eigenvalue weighted by Gasteiger charge is 2.32. The molecular formula is C16H21NO2. The van der Waals surface area contributed by atoms with E-state index in [-0.39, 0.29) is 23.7 Å². The highest BCUT2D eigenvalue weighted by atomic mass is 16.2. The Bertz CT molecular complexity index is 455. The maximum Gasteiger partial charge on any atom is 0.230 e. The largest absolute Gasteiger partial charge is 0.339 e. The smallest absolute Gasteiger partial charge is 0.230 e. The van der Waals surface area contributed by atoms with Crippen molar-refractivity contribution in [3.05, 3.63) is 35.9 Å². The summed E-state index contributed by atoms with van der Waals surface area (Å²) >= 11 is 0. The predicted molar refractivity (Wildman–Crippen MR) is 74.9 cm³/mol. The van der Waals surface area contributed by atoms with Crippen LogP contribution < -0.4 is 0 Å². The number of carbonyl (C=O) groups is 2. The summed E-state index contributed by atoms with van der Waals surface area (Å²) < 4.78 is 0. The number of nitrogens with zero attached hydrogens (tertiary/aromatic N) is 1. The lowest BCUT2D eigenvalue weighted by Crippen LogP contribution is -2.39. The van der Waals surface area contributed by atoms with Gasteiger partial charge in [-0.25, -0.2) is 0 Å². The van der Waals surface area contributed by atoms with Gasteiger partial charge in [-0.3, -0.25) is 9.59 Å². The lowest BCUT2D eigenvalue weighted by atomic mass is 9.99. The van der Waals surface area contributed by atoms with Gasteiger partial charge < -0.3 is 4.90 Å². The Hall–Kier alpha value is -1.64. The molecule has 1 aliphatic heterocycles. The Morgan fingerprint density at radius 3 is 2.63 bits per heavy atom. The van der Waals surface area contributed by atoms with Gasteiger partial charge in [0.15, 0.2) is 0 Å². The van der Waals surface area contributed by atoms with Gasteiger partial charge in [0.2, 0.25) is 5.91 Å². The molecule has 0 bridgehead atoms. The molecule has 1 heterocycles. The van der Waals surface area contributed by atoms with E-state index in [2.05, 4.69) is 0 Å². The lowest BCUT2D eigenvalue weighted by Gasteiger charge is -2.27. The fourth-order valence-corrected chi connectivity index (χ4v) is 2.80.